The molecule has 0 aliphatic heterocycles. The zero-order valence-corrected chi connectivity index (χ0v) is 15.2. The van der Waals surface area contributed by atoms with Crippen LogP contribution in [0.1, 0.15) is 27.7 Å². The predicted octanol–water partition coefficient (Wildman–Crippen LogP) is 4.70. The Bertz CT molecular complexity index is 231. The molecule has 0 aromatic heterocycles. The largest absolute Gasteiger partial charge is 0.511 e. The molecule has 0 saturated carbocycles. The number of rotatable bonds is 4. The van der Waals surface area contributed by atoms with Crippen molar-refractivity contribution in [2.45, 2.75) is 45.7 Å². The molecule has 96 valence electrons. The van der Waals surface area contributed by atoms with Crippen LogP contribution >= 0.6 is 68.4 Å². The summed E-state index contributed by atoms with van der Waals surface area (Å²) in [7, 11) is 0. The quantitative estimate of drug-likeness (QED) is 0.323. The van der Waals surface area contributed by atoms with Crippen molar-refractivity contribution in [3.63, 3.8) is 0 Å². The van der Waals surface area contributed by atoms with Gasteiger partial charge in [-0.3, -0.25) is 0 Å². The maximum absolute atomic E-state index is 11.5. The Morgan fingerprint density at radius 1 is 1.06 bits per heavy atom. The Hall–Kier alpha value is 1.31. The fourth-order valence-electron chi connectivity index (χ4n) is 0.509. The van der Waals surface area contributed by atoms with E-state index in [0.29, 0.717) is 0 Å². The molecule has 0 bridgehead atoms. The predicted molar refractivity (Wildman–Crippen MR) is 83.0 cm³/mol. The summed E-state index contributed by atoms with van der Waals surface area (Å²) in [6.45, 7) is 6.91. The molecule has 4 atom stereocenters. The minimum Gasteiger partial charge on any atom is -0.416 e. The van der Waals surface area contributed by atoms with Crippen LogP contribution in [0.4, 0.5) is 4.79 Å². The summed E-state index contributed by atoms with van der Waals surface area (Å²) in [6, 6.07) is 0. The van der Waals surface area contributed by atoms with E-state index in [-0.39, 0.29) is 10.8 Å². The Kier molecular flexibility index (Phi) is 7.00. The van der Waals surface area contributed by atoms with Crippen molar-refractivity contribution in [2.24, 2.45) is 0 Å². The Morgan fingerprint density at radius 2 is 1.31 bits per heavy atom. The normalized spacial score (nSPS) is 22.5. The molecule has 7 heteroatoms. The van der Waals surface area contributed by atoms with E-state index in [2.05, 4.69) is 0 Å². The number of carbonyl (C=O) groups excluding carboxylic acids is 1. The van der Waals surface area contributed by atoms with Gasteiger partial charge >= 0.3 is 6.16 Å². The van der Waals surface area contributed by atoms with Crippen LogP contribution in [0.5, 0.6) is 0 Å². The third-order valence-corrected chi connectivity index (χ3v) is 5.86. The molecular weight excluding hydrogens is 481 g/mol. The van der Waals surface area contributed by atoms with Gasteiger partial charge in [0.2, 0.25) is 0 Å². The standard InChI is InChI=1S/C9H14Cl2I2O3/c1-5(10)8(3,12)15-7(14)16-9(4,13)6(2)11/h5-6H,1-4H3. The van der Waals surface area contributed by atoms with E-state index in [1.54, 1.807) is 27.7 Å². The number of carbonyl (C=O) groups is 1. The zero-order valence-electron chi connectivity index (χ0n) is 9.39. The average molecular weight is 495 g/mol. The minimum absolute atomic E-state index is 0.324. The molecule has 0 fully saturated rings. The molecule has 0 heterocycles. The lowest BCUT2D eigenvalue weighted by atomic mass is 10.3. The number of alkyl halides is 4. The van der Waals surface area contributed by atoms with Crippen LogP contribution < -0.4 is 0 Å². The highest BCUT2D eigenvalue weighted by Crippen LogP contribution is 2.32. The van der Waals surface area contributed by atoms with Crippen molar-refractivity contribution in [1.29, 1.82) is 0 Å². The Balaban J connectivity index is 4.41. The molecule has 0 rings (SSSR count). The van der Waals surface area contributed by atoms with Gasteiger partial charge in [-0.2, -0.15) is 0 Å². The molecule has 4 unspecified atom stereocenters. The minimum atomic E-state index is -0.807. The van der Waals surface area contributed by atoms with E-state index in [0.717, 1.165) is 0 Å². The maximum atomic E-state index is 11.5. The van der Waals surface area contributed by atoms with Crippen molar-refractivity contribution in [3.8, 4) is 0 Å². The molecule has 16 heavy (non-hydrogen) atoms. The molecule has 0 aliphatic rings. The molecule has 0 amide bonds. The van der Waals surface area contributed by atoms with Crippen LogP contribution in [0.15, 0.2) is 0 Å². The third-order valence-electron chi connectivity index (χ3n) is 1.99. The summed E-state index contributed by atoms with van der Waals surface area (Å²) in [5.41, 5.74) is 0. The molecule has 0 N–H and O–H groups in total. The second kappa shape index (κ2) is 6.47. The Morgan fingerprint density at radius 3 is 1.50 bits per heavy atom. The SMILES string of the molecule is CC(Cl)C(C)(I)OC(=O)OC(C)(I)C(C)Cl. The van der Waals surface area contributed by atoms with Crippen LogP contribution in [0, 0.1) is 0 Å². The van der Waals surface area contributed by atoms with Gasteiger partial charge in [0.1, 0.15) is 0 Å². The lowest BCUT2D eigenvalue weighted by Gasteiger charge is -2.29. The van der Waals surface area contributed by atoms with Gasteiger partial charge in [0.05, 0.1) is 10.8 Å². The average Bonchev–Trinajstić information content (AvgIpc) is 2.00. The van der Waals surface area contributed by atoms with Crippen LogP contribution in [0.3, 0.4) is 0 Å². The summed E-state index contributed by atoms with van der Waals surface area (Å²) in [5, 5.41) is -0.649. The van der Waals surface area contributed by atoms with Crippen molar-refractivity contribution in [1.82, 2.24) is 0 Å². The summed E-state index contributed by atoms with van der Waals surface area (Å²) in [4.78, 5) is 11.5. The number of ether oxygens (including phenoxy) is 2. The topological polar surface area (TPSA) is 35.5 Å². The smallest absolute Gasteiger partial charge is 0.416 e. The van der Waals surface area contributed by atoms with Gasteiger partial charge < -0.3 is 9.47 Å². The van der Waals surface area contributed by atoms with E-state index in [1.165, 1.54) is 0 Å². The number of hydrogen-bond acceptors (Lipinski definition) is 3. The van der Waals surface area contributed by atoms with E-state index < -0.39 is 13.4 Å². The summed E-state index contributed by atoms with van der Waals surface area (Å²) in [5.74, 6) is 0. The summed E-state index contributed by atoms with van der Waals surface area (Å²) >= 11 is 15.7. The first-order valence-electron chi connectivity index (χ1n) is 4.57. The molecule has 0 aromatic carbocycles. The van der Waals surface area contributed by atoms with Gasteiger partial charge in [0.15, 0.2) is 7.22 Å². The van der Waals surface area contributed by atoms with Gasteiger partial charge in [-0.15, -0.1) is 23.2 Å². The van der Waals surface area contributed by atoms with Gasteiger partial charge in [0.25, 0.3) is 0 Å². The molecule has 0 aliphatic carbocycles. The van der Waals surface area contributed by atoms with Crippen LogP contribution in [-0.2, 0) is 9.47 Å². The summed E-state index contributed by atoms with van der Waals surface area (Å²) < 4.78 is 8.62. The van der Waals surface area contributed by atoms with Gasteiger partial charge in [-0.25, -0.2) is 4.79 Å². The summed E-state index contributed by atoms with van der Waals surface area (Å²) in [6.07, 6.45) is -0.770. The second-order valence-corrected chi connectivity index (χ2v) is 9.25. The van der Waals surface area contributed by atoms with E-state index in [9.17, 15) is 4.79 Å². The fourth-order valence-corrected chi connectivity index (χ4v) is 0.958. The second-order valence-electron chi connectivity index (χ2n) is 3.66. The first-order chi connectivity index (χ1) is 6.99. The van der Waals surface area contributed by atoms with E-state index in [4.69, 9.17) is 32.7 Å². The van der Waals surface area contributed by atoms with Gasteiger partial charge in [-0.05, 0) is 72.9 Å². The highest BCUT2D eigenvalue weighted by Gasteiger charge is 2.36. The third kappa shape index (κ3) is 5.77. The van der Waals surface area contributed by atoms with E-state index >= 15 is 0 Å². The molecular formula is C9H14Cl2I2O3. The first kappa shape index (κ1) is 17.3. The number of hydrogen-bond donors (Lipinski definition) is 0. The van der Waals surface area contributed by atoms with Crippen molar-refractivity contribution in [2.75, 3.05) is 0 Å². The molecule has 0 radical (unpaired) electrons. The fraction of sp³-hybridized carbons (Fsp3) is 0.889. The van der Waals surface area contributed by atoms with E-state index in [1.807, 2.05) is 45.2 Å². The number of halogens is 4. The highest BCUT2D eigenvalue weighted by atomic mass is 127. The molecule has 0 aromatic rings. The lowest BCUT2D eigenvalue weighted by Crippen LogP contribution is -2.38. The molecule has 0 spiro atoms. The monoisotopic (exact) mass is 494 g/mol. The lowest BCUT2D eigenvalue weighted by molar-refractivity contribution is -0.00261. The Labute approximate surface area is 133 Å². The van der Waals surface area contributed by atoms with Crippen molar-refractivity contribution in [3.05, 3.63) is 0 Å². The first-order valence-corrected chi connectivity index (χ1v) is 7.60. The van der Waals surface area contributed by atoms with Crippen LogP contribution in [0.2, 0.25) is 0 Å². The van der Waals surface area contributed by atoms with Crippen LogP contribution in [-0.4, -0.2) is 24.1 Å². The molecule has 3 nitrogen and oxygen atoms in total. The van der Waals surface area contributed by atoms with Gasteiger partial charge in [0, 0.05) is 0 Å². The van der Waals surface area contributed by atoms with Crippen molar-refractivity contribution < 1.29 is 14.3 Å². The van der Waals surface area contributed by atoms with Gasteiger partial charge in [-0.1, -0.05) is 0 Å². The maximum Gasteiger partial charge on any atom is 0.511 e. The van der Waals surface area contributed by atoms with Crippen molar-refractivity contribution >= 4 is 74.5 Å². The van der Waals surface area contributed by atoms with Crippen LogP contribution in [0.25, 0.3) is 0 Å². The highest BCUT2D eigenvalue weighted by molar-refractivity contribution is 14.1. The molecule has 0 saturated heterocycles. The zero-order chi connectivity index (χ0) is 13.1.